The molecule has 1 saturated carbocycles. The molecule has 0 radical (unpaired) electrons. The number of nitrogens with one attached hydrogen (secondary N) is 2. The van der Waals surface area contributed by atoms with Gasteiger partial charge in [-0.1, -0.05) is 37.6 Å². The fourth-order valence-electron chi connectivity index (χ4n) is 4.95. The van der Waals surface area contributed by atoms with Crippen molar-refractivity contribution in [2.24, 2.45) is 0 Å². The number of hydrogen-bond donors (Lipinski definition) is 2. The fraction of sp³-hybridized carbons (Fsp3) is 0.500. The minimum atomic E-state index is -0.507. The summed E-state index contributed by atoms with van der Waals surface area (Å²) in [5.41, 5.74) is 1.75. The Morgan fingerprint density at radius 1 is 1.24 bits per heavy atom. The number of nitrogens with zero attached hydrogens (tertiary/aromatic N) is 4. The number of carbonyl (C=O) groups is 2. The molecule has 1 aromatic heterocycles. The number of benzene rings is 1. The van der Waals surface area contributed by atoms with Gasteiger partial charge < -0.3 is 19.9 Å². The summed E-state index contributed by atoms with van der Waals surface area (Å²) < 4.78 is 5.35. The van der Waals surface area contributed by atoms with Crippen LogP contribution in [0.25, 0.3) is 0 Å². The average Bonchev–Trinajstić information content (AvgIpc) is 3.60. The first-order valence-corrected chi connectivity index (χ1v) is 12.1. The second-order valence-corrected chi connectivity index (χ2v) is 9.83. The Labute approximate surface area is 203 Å². The molecule has 0 spiro atoms. The predicted octanol–water partition coefficient (Wildman–Crippen LogP) is 3.32. The Morgan fingerprint density at radius 2 is 2.00 bits per heavy atom. The highest BCUT2D eigenvalue weighted by atomic mass is 35.5. The van der Waals surface area contributed by atoms with E-state index in [9.17, 15) is 9.59 Å². The Morgan fingerprint density at radius 3 is 2.74 bits per heavy atom. The van der Waals surface area contributed by atoms with Crippen LogP contribution in [-0.4, -0.2) is 64.6 Å². The van der Waals surface area contributed by atoms with Crippen molar-refractivity contribution in [3.63, 3.8) is 0 Å². The number of aromatic nitrogens is 2. The number of carbonyl (C=O) groups excluding carboxylic acids is 2. The monoisotopic (exact) mass is 484 g/mol. The summed E-state index contributed by atoms with van der Waals surface area (Å²) in [4.78, 5) is 38.5. The van der Waals surface area contributed by atoms with E-state index in [1.807, 2.05) is 36.1 Å². The molecule has 2 aromatic rings. The zero-order chi connectivity index (χ0) is 24.0. The standard InChI is InChI=1S/C24H29ClN6O3/c1-13(2)26-11-17(15-4-6-16(25)7-5-15)23(32)31-9-8-30(18-10-19(18)31)22-20-14(3)34-24(33)29-21(20)27-12-28-22/h4-7,12-14,17-19,26H,8-11H2,1-3H3,(H,27,28,29,33)/t14-,17+,18-,19+/m0/s1. The zero-order valence-corrected chi connectivity index (χ0v) is 20.2. The van der Waals surface area contributed by atoms with Gasteiger partial charge in [-0.05, 0) is 31.0 Å². The number of piperazine rings is 1. The molecule has 2 aliphatic heterocycles. The smallest absolute Gasteiger partial charge is 0.413 e. The van der Waals surface area contributed by atoms with Crippen LogP contribution in [0.5, 0.6) is 0 Å². The van der Waals surface area contributed by atoms with Gasteiger partial charge in [-0.2, -0.15) is 0 Å². The SMILES string of the molecule is CC(C)NC[C@@H](C(=O)N1CCN(c2ncnc3c2[C@H](C)OC(=O)N3)[C@H]2C[C@H]21)c1ccc(Cl)cc1. The number of anilines is 2. The molecule has 1 saturated heterocycles. The lowest BCUT2D eigenvalue weighted by Crippen LogP contribution is -2.51. The topological polar surface area (TPSA) is 99.7 Å². The predicted molar refractivity (Wildman–Crippen MR) is 129 cm³/mol. The quantitative estimate of drug-likeness (QED) is 0.648. The summed E-state index contributed by atoms with van der Waals surface area (Å²) in [7, 11) is 0. The van der Waals surface area contributed by atoms with Crippen molar-refractivity contribution in [3.8, 4) is 0 Å². The van der Waals surface area contributed by atoms with Crippen molar-refractivity contribution < 1.29 is 14.3 Å². The van der Waals surface area contributed by atoms with E-state index < -0.39 is 12.2 Å². The molecule has 4 atom stereocenters. The van der Waals surface area contributed by atoms with E-state index in [0.717, 1.165) is 23.4 Å². The first-order chi connectivity index (χ1) is 16.3. The lowest BCUT2D eigenvalue weighted by Gasteiger charge is -2.38. The molecule has 1 aliphatic carbocycles. The molecule has 2 fully saturated rings. The summed E-state index contributed by atoms with van der Waals surface area (Å²) in [6, 6.07) is 8.16. The van der Waals surface area contributed by atoms with E-state index in [0.29, 0.717) is 30.5 Å². The molecular weight excluding hydrogens is 456 g/mol. The van der Waals surface area contributed by atoms with Crippen LogP contribution in [0.3, 0.4) is 0 Å². The van der Waals surface area contributed by atoms with E-state index in [4.69, 9.17) is 16.3 Å². The second kappa shape index (κ2) is 9.03. The maximum absolute atomic E-state index is 13.7. The molecule has 0 unspecified atom stereocenters. The third-order valence-corrected chi connectivity index (χ3v) is 6.99. The van der Waals surface area contributed by atoms with Crippen molar-refractivity contribution in [2.45, 2.75) is 57.3 Å². The molecule has 10 heteroatoms. The molecule has 5 rings (SSSR count). The van der Waals surface area contributed by atoms with Gasteiger partial charge in [0.25, 0.3) is 0 Å². The maximum Gasteiger partial charge on any atom is 0.413 e. The van der Waals surface area contributed by atoms with Gasteiger partial charge >= 0.3 is 6.09 Å². The fourth-order valence-corrected chi connectivity index (χ4v) is 5.08. The molecule has 9 nitrogen and oxygen atoms in total. The highest BCUT2D eigenvalue weighted by Gasteiger charge is 2.52. The van der Waals surface area contributed by atoms with Gasteiger partial charge in [-0.25, -0.2) is 14.8 Å². The lowest BCUT2D eigenvalue weighted by atomic mass is 9.96. The molecular formula is C24H29ClN6O3. The second-order valence-electron chi connectivity index (χ2n) is 9.39. The van der Waals surface area contributed by atoms with Crippen LogP contribution in [0.15, 0.2) is 30.6 Å². The minimum absolute atomic E-state index is 0.134. The normalized spacial score (nSPS) is 24.1. The zero-order valence-electron chi connectivity index (χ0n) is 19.5. The number of fused-ring (bicyclic) bond motifs is 2. The number of halogens is 1. The number of cyclic esters (lactones) is 1. The number of ether oxygens (including phenoxy) is 1. The highest BCUT2D eigenvalue weighted by Crippen LogP contribution is 2.44. The molecule has 34 heavy (non-hydrogen) atoms. The molecule has 2 amide bonds. The summed E-state index contributed by atoms with van der Waals surface area (Å²) >= 11 is 6.09. The van der Waals surface area contributed by atoms with Crippen LogP contribution < -0.4 is 15.5 Å². The van der Waals surface area contributed by atoms with Crippen molar-refractivity contribution >= 4 is 35.2 Å². The number of amides is 2. The molecule has 180 valence electrons. The molecule has 3 aliphatic rings. The summed E-state index contributed by atoms with van der Waals surface area (Å²) in [6.07, 6.45) is 1.41. The van der Waals surface area contributed by atoms with Gasteiger partial charge in [0.05, 0.1) is 23.6 Å². The van der Waals surface area contributed by atoms with E-state index in [1.54, 1.807) is 0 Å². The van der Waals surface area contributed by atoms with Crippen LogP contribution in [0.2, 0.25) is 5.02 Å². The third-order valence-electron chi connectivity index (χ3n) is 6.74. The van der Waals surface area contributed by atoms with Crippen molar-refractivity contribution in [1.82, 2.24) is 20.2 Å². The van der Waals surface area contributed by atoms with Gasteiger partial charge in [0.15, 0.2) is 0 Å². The Hall–Kier alpha value is -2.91. The maximum atomic E-state index is 13.7. The van der Waals surface area contributed by atoms with Crippen LogP contribution in [0, 0.1) is 0 Å². The molecule has 1 aromatic carbocycles. The van der Waals surface area contributed by atoms with Crippen molar-refractivity contribution in [3.05, 3.63) is 46.7 Å². The van der Waals surface area contributed by atoms with E-state index >= 15 is 0 Å². The number of rotatable bonds is 6. The third kappa shape index (κ3) is 4.30. The van der Waals surface area contributed by atoms with E-state index in [2.05, 4.69) is 39.3 Å². The summed E-state index contributed by atoms with van der Waals surface area (Å²) in [5, 5.41) is 6.75. The molecule has 2 N–H and O–H groups in total. The minimum Gasteiger partial charge on any atom is -0.441 e. The Balaban J connectivity index is 1.35. The van der Waals surface area contributed by atoms with E-state index in [-0.39, 0.29) is 30.0 Å². The summed E-state index contributed by atoms with van der Waals surface area (Å²) in [6.45, 7) is 7.81. The van der Waals surface area contributed by atoms with Gasteiger partial charge in [0.2, 0.25) is 5.91 Å². The highest BCUT2D eigenvalue weighted by molar-refractivity contribution is 6.30. The summed E-state index contributed by atoms with van der Waals surface area (Å²) in [5.74, 6) is 1.12. The van der Waals surface area contributed by atoms with Gasteiger partial charge in [-0.3, -0.25) is 10.1 Å². The lowest BCUT2D eigenvalue weighted by molar-refractivity contribution is -0.133. The van der Waals surface area contributed by atoms with Crippen LogP contribution in [-0.2, 0) is 9.53 Å². The van der Waals surface area contributed by atoms with Gasteiger partial charge in [0.1, 0.15) is 24.1 Å². The van der Waals surface area contributed by atoms with Crippen LogP contribution >= 0.6 is 11.6 Å². The van der Waals surface area contributed by atoms with Crippen LogP contribution in [0.4, 0.5) is 16.4 Å². The first-order valence-electron chi connectivity index (χ1n) is 11.7. The van der Waals surface area contributed by atoms with Crippen molar-refractivity contribution in [1.29, 1.82) is 0 Å². The van der Waals surface area contributed by atoms with Gasteiger partial charge in [0, 0.05) is 30.7 Å². The Kier molecular flexibility index (Phi) is 6.07. The Bertz CT molecular complexity index is 1090. The number of hydrogen-bond acceptors (Lipinski definition) is 7. The molecule has 0 bridgehead atoms. The molecule has 3 heterocycles. The average molecular weight is 485 g/mol. The van der Waals surface area contributed by atoms with Gasteiger partial charge in [-0.15, -0.1) is 0 Å². The van der Waals surface area contributed by atoms with E-state index in [1.165, 1.54) is 6.33 Å². The van der Waals surface area contributed by atoms with Crippen molar-refractivity contribution in [2.75, 3.05) is 29.9 Å². The largest absolute Gasteiger partial charge is 0.441 e. The van der Waals surface area contributed by atoms with Crippen LogP contribution in [0.1, 0.15) is 50.3 Å². The first kappa shape index (κ1) is 22.9.